The van der Waals surface area contributed by atoms with Crippen LogP contribution in [0.5, 0.6) is 0 Å². The largest absolute Gasteiger partial charge is 0.444 e. The number of amidine groups is 2. The zero-order valence-corrected chi connectivity index (χ0v) is 26.6. The molecule has 0 aliphatic carbocycles. The number of hydrogen-bond acceptors (Lipinski definition) is 9. The molecule has 1 fully saturated rings. The Bertz CT molecular complexity index is 1590. The first kappa shape index (κ1) is 30.4. The first-order chi connectivity index (χ1) is 21.4. The summed E-state index contributed by atoms with van der Waals surface area (Å²) in [5, 5.41) is 8.36. The van der Waals surface area contributed by atoms with Crippen LogP contribution in [-0.4, -0.2) is 65.3 Å². The van der Waals surface area contributed by atoms with Gasteiger partial charge in [0.15, 0.2) is 0 Å². The van der Waals surface area contributed by atoms with Gasteiger partial charge in [-0.25, -0.2) is 15.6 Å². The number of nitrogen functional groups attached to an aromatic ring is 1. The van der Waals surface area contributed by atoms with Crippen LogP contribution in [-0.2, 0) is 33.6 Å². The number of hydrogen-bond donors (Lipinski definition) is 3. The van der Waals surface area contributed by atoms with Crippen molar-refractivity contribution in [3.63, 3.8) is 0 Å². The molecule has 0 radical (unpaired) electrons. The first-order valence-corrected chi connectivity index (χ1v) is 15.7. The van der Waals surface area contributed by atoms with Crippen molar-refractivity contribution < 1.29 is 19.1 Å². The standard InChI is InChI=1S/C21H28N4O3.C12H14N4O/c1-13-19(26)23-22-18-8-7-16-6-5-14(10-17(16)25(13)18)9-15-11-24(12-15)20(27)28-21(2,3)4;1-7-12(17)15-14-11-5-3-8-2-4-9(13)6-10(8)16(7)11/h5-6,10,13,15H,7-9,11-12H2,1-4H3,(H,23,26);2,4,6-7H,3,5,13H2,1H3,(H,15,17). The number of nitrogens with one attached hydrogen (secondary N) is 2. The highest BCUT2D eigenvalue weighted by Crippen LogP contribution is 2.35. The van der Waals surface area contributed by atoms with Gasteiger partial charge in [0.2, 0.25) is 0 Å². The average molecular weight is 615 g/mol. The Labute approximate surface area is 263 Å². The molecule has 2 unspecified atom stereocenters. The molecule has 0 spiro atoms. The number of likely N-dealkylation sites (tertiary alicyclic amines) is 1. The molecule has 12 nitrogen and oxygen atoms in total. The van der Waals surface area contributed by atoms with Gasteiger partial charge in [-0.3, -0.25) is 9.59 Å². The molecule has 0 bridgehead atoms. The molecule has 2 aromatic carbocycles. The van der Waals surface area contributed by atoms with Gasteiger partial charge in [-0.15, -0.1) is 0 Å². The van der Waals surface area contributed by atoms with Crippen LogP contribution >= 0.6 is 0 Å². The molecule has 4 N–H and O–H groups in total. The predicted octanol–water partition coefficient (Wildman–Crippen LogP) is 3.53. The molecular weight excluding hydrogens is 572 g/mol. The Morgan fingerprint density at radius 3 is 1.96 bits per heavy atom. The third-order valence-electron chi connectivity index (χ3n) is 8.83. The summed E-state index contributed by atoms with van der Waals surface area (Å²) in [6.45, 7) is 10.9. The average Bonchev–Trinajstić information content (AvgIpc) is 2.97. The predicted molar refractivity (Wildman–Crippen MR) is 174 cm³/mol. The lowest BCUT2D eigenvalue weighted by Crippen LogP contribution is -2.54. The van der Waals surface area contributed by atoms with Crippen molar-refractivity contribution in [2.75, 3.05) is 28.6 Å². The summed E-state index contributed by atoms with van der Waals surface area (Å²) in [5.41, 5.74) is 17.0. The maximum Gasteiger partial charge on any atom is 0.410 e. The minimum absolute atomic E-state index is 0.0750. The summed E-state index contributed by atoms with van der Waals surface area (Å²) in [4.78, 5) is 41.6. The van der Waals surface area contributed by atoms with E-state index in [-0.39, 0.29) is 30.0 Å². The Kier molecular flexibility index (Phi) is 7.92. The van der Waals surface area contributed by atoms with E-state index in [9.17, 15) is 14.4 Å². The maximum atomic E-state index is 12.1. The molecule has 12 heteroatoms. The van der Waals surface area contributed by atoms with Crippen LogP contribution in [0.15, 0.2) is 46.6 Å². The van der Waals surface area contributed by atoms with Crippen LogP contribution in [0.3, 0.4) is 0 Å². The van der Waals surface area contributed by atoms with Crippen molar-refractivity contribution in [2.24, 2.45) is 16.1 Å². The van der Waals surface area contributed by atoms with Gasteiger partial charge in [-0.2, -0.15) is 10.2 Å². The Hall–Kier alpha value is -4.61. The van der Waals surface area contributed by atoms with Crippen molar-refractivity contribution in [3.05, 3.63) is 53.1 Å². The smallest absolute Gasteiger partial charge is 0.410 e. The number of nitrogens with two attached hydrogens (primary N) is 1. The molecule has 238 valence electrons. The molecule has 5 aliphatic rings. The number of carbonyl (C=O) groups is 3. The minimum atomic E-state index is -0.461. The second kappa shape index (κ2) is 11.7. The number of ether oxygens (including phenoxy) is 1. The van der Waals surface area contributed by atoms with Crippen LogP contribution in [0.25, 0.3) is 0 Å². The van der Waals surface area contributed by atoms with Crippen LogP contribution in [0, 0.1) is 5.92 Å². The number of fused-ring (bicyclic) bond motifs is 6. The highest BCUT2D eigenvalue weighted by molar-refractivity contribution is 6.09. The normalized spacial score (nSPS) is 22.1. The van der Waals surface area contributed by atoms with Crippen LogP contribution in [0.1, 0.15) is 64.2 Å². The van der Waals surface area contributed by atoms with Gasteiger partial charge in [0.05, 0.1) is 0 Å². The molecule has 45 heavy (non-hydrogen) atoms. The zero-order chi connectivity index (χ0) is 32.0. The second-order valence-corrected chi connectivity index (χ2v) is 13.4. The van der Waals surface area contributed by atoms with E-state index in [1.807, 2.05) is 57.7 Å². The number of nitrogens with zero attached hydrogens (tertiary/aromatic N) is 5. The van der Waals surface area contributed by atoms with Crippen molar-refractivity contribution >= 4 is 46.6 Å². The van der Waals surface area contributed by atoms with Gasteiger partial charge >= 0.3 is 6.09 Å². The number of benzene rings is 2. The summed E-state index contributed by atoms with van der Waals surface area (Å²) >= 11 is 0. The SMILES string of the molecule is CC1C(=O)NN=C2CCc3ccc(CC4CN(C(=O)OC(C)(C)C)C4)cc3N21.CC1C(=O)NN=C2CCc3ccc(N)cc3N21. The van der Waals surface area contributed by atoms with E-state index in [1.54, 1.807) is 4.90 Å². The lowest BCUT2D eigenvalue weighted by molar-refractivity contribution is -0.123. The molecule has 0 aromatic heterocycles. The number of aryl methyl sites for hydroxylation is 2. The number of anilines is 3. The van der Waals surface area contributed by atoms with E-state index in [0.717, 1.165) is 68.2 Å². The summed E-state index contributed by atoms with van der Waals surface area (Å²) in [7, 11) is 0. The fourth-order valence-corrected chi connectivity index (χ4v) is 6.45. The molecule has 1 saturated heterocycles. The van der Waals surface area contributed by atoms with Gasteiger partial charge in [0.1, 0.15) is 29.4 Å². The van der Waals surface area contributed by atoms with Crippen LogP contribution in [0.4, 0.5) is 21.9 Å². The summed E-state index contributed by atoms with van der Waals surface area (Å²) in [6.07, 6.45) is 4.24. The Balaban J connectivity index is 0.000000179. The van der Waals surface area contributed by atoms with Crippen molar-refractivity contribution in [1.29, 1.82) is 0 Å². The van der Waals surface area contributed by atoms with E-state index < -0.39 is 5.60 Å². The number of hydrazone groups is 2. The van der Waals surface area contributed by atoms with E-state index in [1.165, 1.54) is 16.7 Å². The van der Waals surface area contributed by atoms with Gasteiger partial charge in [0.25, 0.3) is 11.8 Å². The molecule has 2 aromatic rings. The molecule has 0 saturated carbocycles. The summed E-state index contributed by atoms with van der Waals surface area (Å²) < 4.78 is 5.42. The van der Waals surface area contributed by atoms with Crippen molar-refractivity contribution in [2.45, 2.75) is 84.4 Å². The molecule has 2 atom stereocenters. The minimum Gasteiger partial charge on any atom is -0.444 e. The Morgan fingerprint density at radius 2 is 1.40 bits per heavy atom. The highest BCUT2D eigenvalue weighted by Gasteiger charge is 2.37. The summed E-state index contributed by atoms with van der Waals surface area (Å²) in [5.74, 6) is 2.12. The van der Waals surface area contributed by atoms with E-state index >= 15 is 0 Å². The molecular formula is C33H42N8O4. The quantitative estimate of drug-likeness (QED) is 0.439. The number of rotatable bonds is 2. The second-order valence-electron chi connectivity index (χ2n) is 13.4. The zero-order valence-electron chi connectivity index (χ0n) is 26.6. The maximum absolute atomic E-state index is 12.1. The highest BCUT2D eigenvalue weighted by atomic mass is 16.6. The third kappa shape index (κ3) is 6.18. The molecule has 5 aliphatic heterocycles. The lowest BCUT2D eigenvalue weighted by Gasteiger charge is -2.41. The van der Waals surface area contributed by atoms with Gasteiger partial charge in [-0.05, 0) is 94.7 Å². The number of carbonyl (C=O) groups excluding carboxylic acids is 3. The van der Waals surface area contributed by atoms with E-state index in [0.29, 0.717) is 11.6 Å². The topological polar surface area (TPSA) is 145 Å². The Morgan fingerprint density at radius 1 is 0.867 bits per heavy atom. The van der Waals surface area contributed by atoms with Crippen molar-refractivity contribution in [1.82, 2.24) is 15.8 Å². The fraction of sp³-hybridized carbons (Fsp3) is 0.485. The molecule has 5 heterocycles. The van der Waals surface area contributed by atoms with Crippen LogP contribution < -0.4 is 26.4 Å². The first-order valence-electron chi connectivity index (χ1n) is 15.7. The van der Waals surface area contributed by atoms with Crippen molar-refractivity contribution in [3.8, 4) is 0 Å². The lowest BCUT2D eigenvalue weighted by atomic mass is 9.90. The molecule has 3 amide bonds. The van der Waals surface area contributed by atoms with Gasteiger partial charge in [-0.1, -0.05) is 18.2 Å². The van der Waals surface area contributed by atoms with Gasteiger partial charge in [0, 0.05) is 43.0 Å². The summed E-state index contributed by atoms with van der Waals surface area (Å²) in [6, 6.07) is 11.9. The van der Waals surface area contributed by atoms with E-state index in [2.05, 4.69) is 44.2 Å². The number of amides is 3. The van der Waals surface area contributed by atoms with E-state index in [4.69, 9.17) is 10.5 Å². The van der Waals surface area contributed by atoms with Crippen LogP contribution in [0.2, 0.25) is 0 Å². The third-order valence-corrected chi connectivity index (χ3v) is 8.83. The fourth-order valence-electron chi connectivity index (χ4n) is 6.45. The van der Waals surface area contributed by atoms with Gasteiger partial charge < -0.3 is 25.2 Å². The molecule has 7 rings (SSSR count). The monoisotopic (exact) mass is 614 g/mol.